The van der Waals surface area contributed by atoms with Gasteiger partial charge < -0.3 is 16.0 Å². The fraction of sp³-hybridized carbons (Fsp3) is 0.207. The molecule has 9 nitrogen and oxygen atoms in total. The van der Waals surface area contributed by atoms with Crippen molar-refractivity contribution < 1.29 is 14.4 Å². The molecule has 0 spiro atoms. The highest BCUT2D eigenvalue weighted by molar-refractivity contribution is 6.35. The average molecular weight is 507 g/mol. The minimum Gasteiger partial charge on any atom is -0.344 e. The van der Waals surface area contributed by atoms with Crippen molar-refractivity contribution in [3.63, 3.8) is 0 Å². The van der Waals surface area contributed by atoms with Gasteiger partial charge in [-0.05, 0) is 65.4 Å². The van der Waals surface area contributed by atoms with Crippen LogP contribution in [0, 0.1) is 18.3 Å². The molecule has 9 heteroatoms. The number of hydrogen-bond donors (Lipinski definition) is 4. The van der Waals surface area contributed by atoms with Crippen LogP contribution in [0.25, 0.3) is 21.9 Å². The van der Waals surface area contributed by atoms with Crippen molar-refractivity contribution in [2.24, 2.45) is 0 Å². The van der Waals surface area contributed by atoms with Crippen LogP contribution in [-0.4, -0.2) is 34.5 Å². The molecule has 3 aromatic carbocycles. The Morgan fingerprint density at radius 3 is 2.50 bits per heavy atom. The lowest BCUT2D eigenvalue weighted by Gasteiger charge is -2.22. The molecule has 3 amide bonds. The van der Waals surface area contributed by atoms with E-state index in [2.05, 4.69) is 50.4 Å². The topological polar surface area (TPSA) is 140 Å². The van der Waals surface area contributed by atoms with E-state index in [4.69, 9.17) is 5.26 Å². The van der Waals surface area contributed by atoms with Gasteiger partial charge in [0.1, 0.15) is 6.54 Å². The number of aromatic amines is 1. The molecule has 0 saturated heterocycles. The zero-order valence-electron chi connectivity index (χ0n) is 20.8. The first-order chi connectivity index (χ1) is 18.4. The van der Waals surface area contributed by atoms with Gasteiger partial charge in [0.25, 0.3) is 5.91 Å². The summed E-state index contributed by atoms with van der Waals surface area (Å²) >= 11 is 0. The lowest BCUT2D eigenvalue weighted by Crippen LogP contribution is -2.40. The van der Waals surface area contributed by atoms with Crippen LogP contribution in [0.2, 0.25) is 0 Å². The number of carbonyl (C=O) groups is 3. The summed E-state index contributed by atoms with van der Waals surface area (Å²) in [5.41, 5.74) is 4.55. The lowest BCUT2D eigenvalue weighted by atomic mass is 9.91. The number of rotatable bonds is 7. The number of aryl methyl sites for hydroxylation is 1. The third-order valence-electron chi connectivity index (χ3n) is 6.86. The van der Waals surface area contributed by atoms with Gasteiger partial charge in [-0.1, -0.05) is 42.5 Å². The molecule has 0 unspecified atom stereocenters. The van der Waals surface area contributed by atoms with Crippen molar-refractivity contribution in [2.75, 3.05) is 6.54 Å². The highest BCUT2D eigenvalue weighted by Crippen LogP contribution is 2.49. The van der Waals surface area contributed by atoms with E-state index in [0.717, 1.165) is 46.0 Å². The van der Waals surface area contributed by atoms with E-state index in [0.29, 0.717) is 11.1 Å². The molecule has 1 aromatic heterocycles. The average Bonchev–Trinajstić information content (AvgIpc) is 3.59. The van der Waals surface area contributed by atoms with E-state index in [9.17, 15) is 14.4 Å². The molecule has 0 bridgehead atoms. The smallest absolute Gasteiger partial charge is 0.310 e. The summed E-state index contributed by atoms with van der Waals surface area (Å²) < 4.78 is 0. The molecule has 0 radical (unpaired) electrons. The molecular weight excluding hydrogens is 480 g/mol. The summed E-state index contributed by atoms with van der Waals surface area (Å²) in [6.07, 6.45) is 3.41. The number of nitriles is 1. The van der Waals surface area contributed by atoms with E-state index in [1.807, 2.05) is 25.3 Å². The van der Waals surface area contributed by atoms with Crippen LogP contribution < -0.4 is 16.0 Å². The van der Waals surface area contributed by atoms with Crippen LogP contribution in [0.5, 0.6) is 0 Å². The molecule has 38 heavy (non-hydrogen) atoms. The van der Waals surface area contributed by atoms with Crippen LogP contribution in [-0.2, 0) is 21.7 Å². The maximum Gasteiger partial charge on any atom is 0.310 e. The number of hydrogen-bond acceptors (Lipinski definition) is 5. The van der Waals surface area contributed by atoms with Crippen LogP contribution in [0.3, 0.4) is 0 Å². The maximum absolute atomic E-state index is 13.6. The van der Waals surface area contributed by atoms with Crippen molar-refractivity contribution in [3.8, 4) is 17.2 Å². The van der Waals surface area contributed by atoms with Crippen molar-refractivity contribution in [2.45, 2.75) is 31.8 Å². The Hall–Kier alpha value is -4.97. The minimum absolute atomic E-state index is 0.00637. The first-order valence-electron chi connectivity index (χ1n) is 12.3. The molecule has 4 aromatic rings. The number of H-pyrrole nitrogens is 1. The number of aromatic nitrogens is 2. The summed E-state index contributed by atoms with van der Waals surface area (Å²) in [6.45, 7) is 1.71. The van der Waals surface area contributed by atoms with Crippen LogP contribution >= 0.6 is 0 Å². The Labute approximate surface area is 219 Å². The van der Waals surface area contributed by atoms with Gasteiger partial charge in [-0.15, -0.1) is 0 Å². The maximum atomic E-state index is 13.6. The summed E-state index contributed by atoms with van der Waals surface area (Å²) in [6, 6.07) is 21.1. The SMILES string of the molecule is Cc1[nH]ncc1-c1cc(C2(NC(=O)c3ccccc3CNC(=O)C(=O)NCC#N)CC2)c2ccccc2c1. The third-order valence-corrected chi connectivity index (χ3v) is 6.86. The predicted octanol–water partition coefficient (Wildman–Crippen LogP) is 3.21. The van der Waals surface area contributed by atoms with Crippen LogP contribution in [0.4, 0.5) is 0 Å². The second-order valence-electron chi connectivity index (χ2n) is 9.37. The third kappa shape index (κ3) is 4.84. The molecule has 1 aliphatic carbocycles. The number of nitrogens with zero attached hydrogens (tertiary/aromatic N) is 2. The highest BCUT2D eigenvalue weighted by Gasteiger charge is 2.47. The van der Waals surface area contributed by atoms with Gasteiger partial charge in [0.2, 0.25) is 0 Å². The molecule has 0 atom stereocenters. The molecule has 1 aliphatic rings. The zero-order valence-corrected chi connectivity index (χ0v) is 20.8. The monoisotopic (exact) mass is 506 g/mol. The minimum atomic E-state index is -0.898. The first-order valence-corrected chi connectivity index (χ1v) is 12.3. The lowest BCUT2D eigenvalue weighted by molar-refractivity contribution is -0.139. The van der Waals surface area contributed by atoms with Gasteiger partial charge in [0.05, 0.1) is 17.8 Å². The van der Waals surface area contributed by atoms with Gasteiger partial charge in [0, 0.05) is 23.4 Å². The number of fused-ring (bicyclic) bond motifs is 1. The van der Waals surface area contributed by atoms with E-state index < -0.39 is 17.4 Å². The number of benzene rings is 3. The molecule has 5 rings (SSSR count). The standard InChI is InChI=1S/C29H26N6O3/c1-18-24(17-33-35-18)21-14-19-6-2-4-8-22(19)25(15-21)29(10-11-29)34-26(36)23-9-5-3-7-20(23)16-32-28(38)27(37)31-13-12-30/h2-9,14-15,17H,10-11,13,16H2,1H3,(H,31,37)(H,32,38)(H,33,35)(H,34,36). The van der Waals surface area contributed by atoms with Crippen molar-refractivity contribution in [1.29, 1.82) is 5.26 Å². The highest BCUT2D eigenvalue weighted by atomic mass is 16.2. The summed E-state index contributed by atoms with van der Waals surface area (Å²) in [4.78, 5) is 37.4. The number of amides is 3. The van der Waals surface area contributed by atoms with E-state index in [1.165, 1.54) is 0 Å². The second-order valence-corrected chi connectivity index (χ2v) is 9.37. The quantitative estimate of drug-likeness (QED) is 0.225. The summed E-state index contributed by atoms with van der Waals surface area (Å²) in [7, 11) is 0. The molecule has 190 valence electrons. The fourth-order valence-electron chi connectivity index (χ4n) is 4.73. The van der Waals surface area contributed by atoms with Gasteiger partial charge >= 0.3 is 11.8 Å². The number of nitrogens with one attached hydrogen (secondary N) is 4. The largest absolute Gasteiger partial charge is 0.344 e. The Morgan fingerprint density at radius 1 is 1.03 bits per heavy atom. The number of carbonyl (C=O) groups excluding carboxylic acids is 3. The van der Waals surface area contributed by atoms with Crippen molar-refractivity contribution in [1.82, 2.24) is 26.1 Å². The van der Waals surface area contributed by atoms with Gasteiger partial charge in [-0.2, -0.15) is 10.4 Å². The predicted molar refractivity (Wildman–Crippen MR) is 142 cm³/mol. The Kier molecular flexibility index (Phi) is 6.62. The van der Waals surface area contributed by atoms with E-state index in [1.54, 1.807) is 30.3 Å². The molecule has 1 saturated carbocycles. The fourth-order valence-corrected chi connectivity index (χ4v) is 4.73. The second kappa shape index (κ2) is 10.2. The molecule has 1 heterocycles. The van der Waals surface area contributed by atoms with Crippen molar-refractivity contribution in [3.05, 3.63) is 89.2 Å². The van der Waals surface area contributed by atoms with Gasteiger partial charge in [-0.25, -0.2) is 0 Å². The summed E-state index contributed by atoms with van der Waals surface area (Å²) in [5.74, 6) is -2.02. The van der Waals surface area contributed by atoms with Crippen LogP contribution in [0.15, 0.2) is 66.9 Å². The van der Waals surface area contributed by atoms with Gasteiger partial charge in [0.15, 0.2) is 0 Å². The molecule has 4 N–H and O–H groups in total. The molecular formula is C29H26N6O3. The molecule has 0 aliphatic heterocycles. The van der Waals surface area contributed by atoms with E-state index >= 15 is 0 Å². The molecule has 1 fully saturated rings. The Bertz CT molecular complexity index is 1600. The van der Waals surface area contributed by atoms with E-state index in [-0.39, 0.29) is 19.0 Å². The normalized spacial score (nSPS) is 13.4. The summed E-state index contributed by atoms with van der Waals surface area (Å²) in [5, 5.41) is 25.9. The Balaban J connectivity index is 1.41. The first kappa shape index (κ1) is 24.7. The Morgan fingerprint density at radius 2 is 1.76 bits per heavy atom. The van der Waals surface area contributed by atoms with Crippen molar-refractivity contribution >= 4 is 28.5 Å². The van der Waals surface area contributed by atoms with Gasteiger partial charge in [-0.3, -0.25) is 19.5 Å². The zero-order chi connectivity index (χ0) is 26.7. The van der Waals surface area contributed by atoms with Crippen LogP contribution in [0.1, 0.15) is 40.0 Å².